The van der Waals surface area contributed by atoms with E-state index >= 15 is 0 Å². The summed E-state index contributed by atoms with van der Waals surface area (Å²) in [5.41, 5.74) is 0.683. The molecule has 118 valence electrons. The number of hydrogen-bond acceptors (Lipinski definition) is 4. The van der Waals surface area contributed by atoms with Crippen molar-refractivity contribution in [1.82, 2.24) is 5.32 Å². The number of carbonyl (C=O) groups is 1. The van der Waals surface area contributed by atoms with Gasteiger partial charge in [-0.2, -0.15) is 0 Å². The Hall–Kier alpha value is -0.820. The van der Waals surface area contributed by atoms with E-state index in [0.29, 0.717) is 37.7 Å². The molecule has 1 aromatic carbocycles. The minimum absolute atomic E-state index is 0. The van der Waals surface area contributed by atoms with Crippen LogP contribution in [0.3, 0.4) is 0 Å². The van der Waals surface area contributed by atoms with Gasteiger partial charge < -0.3 is 20.1 Å². The molecule has 1 heterocycles. The summed E-state index contributed by atoms with van der Waals surface area (Å²) in [5, 5.41) is 6.15. The maximum atomic E-state index is 12.1. The molecule has 1 amide bonds. The topological polar surface area (TPSA) is 59.6 Å². The van der Waals surface area contributed by atoms with Crippen LogP contribution < -0.4 is 15.4 Å². The smallest absolute Gasteiger partial charge is 0.226 e. The second-order valence-corrected chi connectivity index (χ2v) is 5.47. The average molecular weight is 380 g/mol. The summed E-state index contributed by atoms with van der Waals surface area (Å²) < 4.78 is 11.7. The Morgan fingerprint density at radius 2 is 2.38 bits per heavy atom. The number of anilines is 1. The predicted octanol–water partition coefficient (Wildman–Crippen LogP) is 2.59. The first-order chi connectivity index (χ1) is 9.69. The van der Waals surface area contributed by atoms with E-state index in [1.807, 2.05) is 25.1 Å². The van der Waals surface area contributed by atoms with E-state index in [2.05, 4.69) is 26.6 Å². The fourth-order valence-corrected chi connectivity index (χ4v) is 2.42. The van der Waals surface area contributed by atoms with E-state index in [-0.39, 0.29) is 24.4 Å². The van der Waals surface area contributed by atoms with Gasteiger partial charge in [-0.3, -0.25) is 4.79 Å². The second kappa shape index (κ2) is 9.25. The van der Waals surface area contributed by atoms with Gasteiger partial charge in [-0.1, -0.05) is 15.9 Å². The molecule has 21 heavy (non-hydrogen) atoms. The van der Waals surface area contributed by atoms with Crippen LogP contribution in [0.2, 0.25) is 0 Å². The van der Waals surface area contributed by atoms with Crippen LogP contribution in [0, 0.1) is 0 Å². The molecular weight excluding hydrogens is 360 g/mol. The molecule has 1 saturated heterocycles. The fraction of sp³-hybridized carbons (Fsp3) is 0.500. The first-order valence-electron chi connectivity index (χ1n) is 6.72. The Balaban J connectivity index is 0.00000220. The van der Waals surface area contributed by atoms with Gasteiger partial charge in [0.1, 0.15) is 5.75 Å². The van der Waals surface area contributed by atoms with Crippen LogP contribution in [-0.2, 0) is 9.53 Å². The number of hydrogen-bond donors (Lipinski definition) is 2. The molecule has 0 spiro atoms. The van der Waals surface area contributed by atoms with Crippen LogP contribution in [0.25, 0.3) is 0 Å². The van der Waals surface area contributed by atoms with Crippen molar-refractivity contribution in [3.63, 3.8) is 0 Å². The first kappa shape index (κ1) is 18.2. The molecule has 1 atom stereocenters. The molecular formula is C14H20BrClN2O3. The number of halogens is 2. The van der Waals surface area contributed by atoms with Crippen molar-refractivity contribution in [3.05, 3.63) is 22.7 Å². The standard InChI is InChI=1S/C14H19BrN2O3.ClH/c1-2-20-13-4-3-10(15)7-12(13)17-14(18)8-11-9-19-6-5-16-11;/h3-4,7,11,16H,2,5-6,8-9H2,1H3,(H,17,18);1H. The molecule has 0 saturated carbocycles. The SMILES string of the molecule is CCOc1ccc(Br)cc1NC(=O)CC1COCCN1.Cl. The highest BCUT2D eigenvalue weighted by Crippen LogP contribution is 2.28. The molecule has 0 aliphatic carbocycles. The van der Waals surface area contributed by atoms with Gasteiger partial charge in [0, 0.05) is 23.5 Å². The van der Waals surface area contributed by atoms with E-state index in [4.69, 9.17) is 9.47 Å². The van der Waals surface area contributed by atoms with E-state index in [0.717, 1.165) is 11.0 Å². The molecule has 1 aliphatic rings. The van der Waals surface area contributed by atoms with Gasteiger partial charge in [0.2, 0.25) is 5.91 Å². The third-order valence-corrected chi connectivity index (χ3v) is 3.44. The van der Waals surface area contributed by atoms with Crippen molar-refractivity contribution in [2.45, 2.75) is 19.4 Å². The van der Waals surface area contributed by atoms with E-state index in [1.165, 1.54) is 0 Å². The molecule has 0 radical (unpaired) electrons. The molecule has 1 aliphatic heterocycles. The van der Waals surface area contributed by atoms with Gasteiger partial charge in [-0.05, 0) is 25.1 Å². The summed E-state index contributed by atoms with van der Waals surface area (Å²) in [4.78, 5) is 12.1. The van der Waals surface area contributed by atoms with Gasteiger partial charge >= 0.3 is 0 Å². The third-order valence-electron chi connectivity index (χ3n) is 2.95. The molecule has 2 N–H and O–H groups in total. The lowest BCUT2D eigenvalue weighted by atomic mass is 10.2. The highest BCUT2D eigenvalue weighted by molar-refractivity contribution is 9.10. The summed E-state index contributed by atoms with van der Waals surface area (Å²) in [6.07, 6.45) is 0.387. The summed E-state index contributed by atoms with van der Waals surface area (Å²) in [7, 11) is 0. The van der Waals surface area contributed by atoms with Crippen molar-refractivity contribution < 1.29 is 14.3 Å². The van der Waals surface area contributed by atoms with Crippen molar-refractivity contribution in [3.8, 4) is 5.75 Å². The largest absolute Gasteiger partial charge is 0.492 e. The lowest BCUT2D eigenvalue weighted by molar-refractivity contribution is -0.117. The minimum atomic E-state index is -0.0490. The van der Waals surface area contributed by atoms with Crippen molar-refractivity contribution in [1.29, 1.82) is 0 Å². The van der Waals surface area contributed by atoms with Crippen LogP contribution in [0.5, 0.6) is 5.75 Å². The quantitative estimate of drug-likeness (QED) is 0.825. The van der Waals surface area contributed by atoms with E-state index in [1.54, 1.807) is 0 Å². The maximum absolute atomic E-state index is 12.1. The molecule has 1 fully saturated rings. The fourth-order valence-electron chi connectivity index (χ4n) is 2.06. The third kappa shape index (κ3) is 5.82. The monoisotopic (exact) mass is 378 g/mol. The average Bonchev–Trinajstić information content (AvgIpc) is 2.43. The number of morpholine rings is 1. The normalized spacial score (nSPS) is 17.7. The van der Waals surface area contributed by atoms with Crippen LogP contribution in [0.4, 0.5) is 5.69 Å². The number of amides is 1. The van der Waals surface area contributed by atoms with Crippen LogP contribution >= 0.6 is 28.3 Å². The Kier molecular flexibility index (Phi) is 8.03. The zero-order valence-electron chi connectivity index (χ0n) is 11.9. The summed E-state index contributed by atoms with van der Waals surface area (Å²) in [5.74, 6) is 0.629. The number of rotatable bonds is 5. The van der Waals surface area contributed by atoms with Crippen molar-refractivity contribution in [2.75, 3.05) is 31.7 Å². The lowest BCUT2D eigenvalue weighted by Crippen LogP contribution is -2.43. The van der Waals surface area contributed by atoms with Crippen LogP contribution in [-0.4, -0.2) is 38.3 Å². The molecule has 1 unspecified atom stereocenters. The van der Waals surface area contributed by atoms with Gasteiger partial charge in [-0.15, -0.1) is 12.4 Å². The van der Waals surface area contributed by atoms with Gasteiger partial charge in [0.15, 0.2) is 0 Å². The van der Waals surface area contributed by atoms with Gasteiger partial charge in [0.25, 0.3) is 0 Å². The van der Waals surface area contributed by atoms with Crippen LogP contribution in [0.1, 0.15) is 13.3 Å². The molecule has 2 rings (SSSR count). The molecule has 7 heteroatoms. The Labute approximate surface area is 139 Å². The predicted molar refractivity (Wildman–Crippen MR) is 88.4 cm³/mol. The number of carbonyl (C=O) groups excluding carboxylic acids is 1. The Bertz CT molecular complexity index is 468. The molecule has 0 aromatic heterocycles. The van der Waals surface area contributed by atoms with E-state index in [9.17, 15) is 4.79 Å². The maximum Gasteiger partial charge on any atom is 0.226 e. The summed E-state index contributed by atoms with van der Waals surface area (Å²) >= 11 is 3.40. The Morgan fingerprint density at radius 1 is 1.57 bits per heavy atom. The lowest BCUT2D eigenvalue weighted by Gasteiger charge is -2.23. The number of nitrogens with one attached hydrogen (secondary N) is 2. The first-order valence-corrected chi connectivity index (χ1v) is 7.51. The van der Waals surface area contributed by atoms with Gasteiger partial charge in [-0.25, -0.2) is 0 Å². The van der Waals surface area contributed by atoms with Crippen molar-refractivity contribution >= 4 is 39.9 Å². The highest BCUT2D eigenvalue weighted by Gasteiger charge is 2.17. The summed E-state index contributed by atoms with van der Waals surface area (Å²) in [6, 6.07) is 5.64. The van der Waals surface area contributed by atoms with Gasteiger partial charge in [0.05, 0.1) is 25.5 Å². The van der Waals surface area contributed by atoms with E-state index < -0.39 is 0 Å². The Morgan fingerprint density at radius 3 is 3.05 bits per heavy atom. The zero-order chi connectivity index (χ0) is 14.4. The second-order valence-electron chi connectivity index (χ2n) is 4.55. The molecule has 1 aromatic rings. The molecule has 5 nitrogen and oxygen atoms in total. The summed E-state index contributed by atoms with van der Waals surface area (Å²) in [6.45, 7) is 4.54. The number of benzene rings is 1. The highest BCUT2D eigenvalue weighted by atomic mass is 79.9. The zero-order valence-corrected chi connectivity index (χ0v) is 14.3. The minimum Gasteiger partial charge on any atom is -0.492 e. The van der Waals surface area contributed by atoms with Crippen LogP contribution in [0.15, 0.2) is 22.7 Å². The number of ether oxygens (including phenoxy) is 2. The van der Waals surface area contributed by atoms with Crippen molar-refractivity contribution in [2.24, 2.45) is 0 Å². The molecule has 0 bridgehead atoms.